The van der Waals surface area contributed by atoms with Crippen LogP contribution in [0, 0.1) is 28.9 Å². The van der Waals surface area contributed by atoms with Crippen molar-refractivity contribution in [1.82, 2.24) is 10.3 Å². The van der Waals surface area contributed by atoms with Crippen molar-refractivity contribution in [2.45, 2.75) is 26.3 Å². The molecule has 3 heterocycles. The van der Waals surface area contributed by atoms with Crippen LogP contribution >= 0.6 is 0 Å². The molecule has 0 radical (unpaired) electrons. The Morgan fingerprint density at radius 1 is 1.50 bits per heavy atom. The van der Waals surface area contributed by atoms with Gasteiger partial charge in [0.1, 0.15) is 12.0 Å². The van der Waals surface area contributed by atoms with Crippen LogP contribution in [-0.4, -0.2) is 35.1 Å². The normalized spacial score (nSPS) is 27.6. The fourth-order valence-electron chi connectivity index (χ4n) is 3.72. The summed E-state index contributed by atoms with van der Waals surface area (Å²) in [4.78, 5) is 17.1. The third kappa shape index (κ3) is 1.86. The van der Waals surface area contributed by atoms with E-state index in [0.717, 1.165) is 31.0 Å². The number of rotatable bonds is 2. The van der Waals surface area contributed by atoms with Gasteiger partial charge >= 0.3 is 0 Å². The molecule has 20 heavy (non-hydrogen) atoms. The lowest BCUT2D eigenvalue weighted by molar-refractivity contribution is -0.385. The Balaban J connectivity index is 1.95. The molecule has 6 heteroatoms. The van der Waals surface area contributed by atoms with Crippen LogP contribution in [0.3, 0.4) is 0 Å². The largest absolute Gasteiger partial charge is 0.351 e. The Morgan fingerprint density at radius 3 is 2.85 bits per heavy atom. The van der Waals surface area contributed by atoms with Gasteiger partial charge in [-0.1, -0.05) is 0 Å². The van der Waals surface area contributed by atoms with Gasteiger partial charge in [0, 0.05) is 31.2 Å². The number of pyridine rings is 1. The first-order valence-electron chi connectivity index (χ1n) is 7.00. The standard InChI is InChI=1S/C14H20N4O2/c1-9-4-11(18(19)20)6-16-13(9)17-8-10-5-15-7-12(10)14(17,2)3/h4,6,10,12,15H,5,7-8H2,1-3H3. The first kappa shape index (κ1) is 13.3. The number of aromatic nitrogens is 1. The molecule has 2 unspecified atom stereocenters. The molecule has 6 nitrogen and oxygen atoms in total. The predicted octanol–water partition coefficient (Wildman–Crippen LogP) is 1.73. The van der Waals surface area contributed by atoms with Crippen LogP contribution in [0.2, 0.25) is 0 Å². The number of fused-ring (bicyclic) bond motifs is 1. The number of nitrogens with one attached hydrogen (secondary N) is 1. The van der Waals surface area contributed by atoms with E-state index >= 15 is 0 Å². The van der Waals surface area contributed by atoms with E-state index in [4.69, 9.17) is 0 Å². The molecular formula is C14H20N4O2. The van der Waals surface area contributed by atoms with Gasteiger partial charge in [0.15, 0.2) is 0 Å². The van der Waals surface area contributed by atoms with Gasteiger partial charge in [-0.15, -0.1) is 0 Å². The van der Waals surface area contributed by atoms with Crippen LogP contribution in [0.25, 0.3) is 0 Å². The van der Waals surface area contributed by atoms with Gasteiger partial charge in [-0.25, -0.2) is 4.98 Å². The van der Waals surface area contributed by atoms with Gasteiger partial charge in [-0.2, -0.15) is 0 Å². The minimum absolute atomic E-state index is 0.0298. The summed E-state index contributed by atoms with van der Waals surface area (Å²) in [5.41, 5.74) is 0.965. The Hall–Kier alpha value is -1.69. The first-order valence-corrected chi connectivity index (χ1v) is 7.00. The molecule has 2 fully saturated rings. The molecular weight excluding hydrogens is 256 g/mol. The average Bonchev–Trinajstić information content (AvgIpc) is 2.92. The van der Waals surface area contributed by atoms with Crippen molar-refractivity contribution in [3.8, 4) is 0 Å². The van der Waals surface area contributed by atoms with Crippen molar-refractivity contribution in [3.63, 3.8) is 0 Å². The van der Waals surface area contributed by atoms with E-state index in [1.807, 2.05) is 6.92 Å². The number of hydrogen-bond acceptors (Lipinski definition) is 5. The molecule has 0 spiro atoms. The molecule has 2 atom stereocenters. The molecule has 1 N–H and O–H groups in total. The molecule has 108 valence electrons. The molecule has 3 rings (SSSR count). The maximum atomic E-state index is 10.8. The third-order valence-electron chi connectivity index (χ3n) is 4.86. The molecule has 0 saturated carbocycles. The molecule has 1 aromatic rings. The van der Waals surface area contributed by atoms with Crippen LogP contribution < -0.4 is 10.2 Å². The van der Waals surface area contributed by atoms with Gasteiger partial charge < -0.3 is 10.2 Å². The molecule has 0 aromatic carbocycles. The van der Waals surface area contributed by atoms with Gasteiger partial charge in [0.05, 0.1) is 4.92 Å². The summed E-state index contributed by atoms with van der Waals surface area (Å²) in [6, 6.07) is 1.62. The lowest BCUT2D eigenvalue weighted by atomic mass is 9.85. The highest BCUT2D eigenvalue weighted by molar-refractivity contribution is 5.54. The quantitative estimate of drug-likeness (QED) is 0.658. The number of nitrogens with zero attached hydrogens (tertiary/aromatic N) is 3. The van der Waals surface area contributed by atoms with Crippen molar-refractivity contribution in [2.24, 2.45) is 11.8 Å². The van der Waals surface area contributed by atoms with Crippen LogP contribution in [0.15, 0.2) is 12.3 Å². The van der Waals surface area contributed by atoms with E-state index in [1.54, 1.807) is 6.07 Å². The maximum absolute atomic E-state index is 10.8. The van der Waals surface area contributed by atoms with E-state index in [0.29, 0.717) is 11.8 Å². The van der Waals surface area contributed by atoms with Crippen molar-refractivity contribution in [3.05, 3.63) is 27.9 Å². The summed E-state index contributed by atoms with van der Waals surface area (Å²) >= 11 is 0. The molecule has 1 aromatic heterocycles. The van der Waals surface area contributed by atoms with Crippen LogP contribution in [-0.2, 0) is 0 Å². The monoisotopic (exact) mass is 276 g/mol. The van der Waals surface area contributed by atoms with Gasteiger partial charge in [0.2, 0.25) is 0 Å². The van der Waals surface area contributed by atoms with E-state index < -0.39 is 4.92 Å². The average molecular weight is 276 g/mol. The Kier molecular flexibility index (Phi) is 2.93. The maximum Gasteiger partial charge on any atom is 0.287 e. The Morgan fingerprint density at radius 2 is 2.25 bits per heavy atom. The zero-order valence-electron chi connectivity index (χ0n) is 12.1. The van der Waals surface area contributed by atoms with Crippen molar-refractivity contribution in [2.75, 3.05) is 24.5 Å². The van der Waals surface area contributed by atoms with Gasteiger partial charge in [0.25, 0.3) is 5.69 Å². The first-order chi connectivity index (χ1) is 9.41. The second-order valence-electron chi connectivity index (χ2n) is 6.38. The van der Waals surface area contributed by atoms with E-state index in [9.17, 15) is 10.1 Å². The van der Waals surface area contributed by atoms with Crippen LogP contribution in [0.4, 0.5) is 11.5 Å². The summed E-state index contributed by atoms with van der Waals surface area (Å²) in [6.07, 6.45) is 1.37. The third-order valence-corrected chi connectivity index (χ3v) is 4.86. The minimum Gasteiger partial charge on any atom is -0.351 e. The van der Waals surface area contributed by atoms with E-state index in [-0.39, 0.29) is 11.2 Å². The van der Waals surface area contributed by atoms with E-state index in [1.165, 1.54) is 6.20 Å². The van der Waals surface area contributed by atoms with Crippen LogP contribution in [0.5, 0.6) is 0 Å². The summed E-state index contributed by atoms with van der Waals surface area (Å²) in [6.45, 7) is 9.45. The van der Waals surface area contributed by atoms with Crippen LogP contribution in [0.1, 0.15) is 19.4 Å². The van der Waals surface area contributed by atoms with Gasteiger partial charge in [-0.05, 0) is 38.2 Å². The SMILES string of the molecule is Cc1cc([N+](=O)[O-])cnc1N1CC2CNCC2C1(C)C. The van der Waals surface area contributed by atoms with Crippen molar-refractivity contribution >= 4 is 11.5 Å². The summed E-state index contributed by atoms with van der Waals surface area (Å²) in [5.74, 6) is 2.13. The topological polar surface area (TPSA) is 71.3 Å². The van der Waals surface area contributed by atoms with Crippen molar-refractivity contribution in [1.29, 1.82) is 0 Å². The zero-order valence-corrected chi connectivity index (χ0v) is 12.1. The number of hydrogen-bond donors (Lipinski definition) is 1. The molecule has 0 amide bonds. The lowest BCUT2D eigenvalue weighted by Gasteiger charge is -2.37. The summed E-state index contributed by atoms with van der Waals surface area (Å²) < 4.78 is 0. The Labute approximate surface area is 118 Å². The number of aryl methyl sites for hydroxylation is 1. The summed E-state index contributed by atoms with van der Waals surface area (Å²) in [5, 5.41) is 14.3. The molecule has 2 aliphatic heterocycles. The highest BCUT2D eigenvalue weighted by atomic mass is 16.6. The number of anilines is 1. The highest BCUT2D eigenvalue weighted by Crippen LogP contribution is 2.43. The number of nitro groups is 1. The molecule has 0 aliphatic carbocycles. The molecule has 0 bridgehead atoms. The molecule has 2 saturated heterocycles. The van der Waals surface area contributed by atoms with Gasteiger partial charge in [-0.3, -0.25) is 10.1 Å². The van der Waals surface area contributed by atoms with E-state index in [2.05, 4.69) is 29.0 Å². The second-order valence-corrected chi connectivity index (χ2v) is 6.38. The van der Waals surface area contributed by atoms with Crippen molar-refractivity contribution < 1.29 is 4.92 Å². The lowest BCUT2D eigenvalue weighted by Crippen LogP contribution is -2.45. The smallest absolute Gasteiger partial charge is 0.287 e. The zero-order chi connectivity index (χ0) is 14.5. The highest BCUT2D eigenvalue weighted by Gasteiger charge is 2.50. The summed E-state index contributed by atoms with van der Waals surface area (Å²) in [7, 11) is 0. The second kappa shape index (κ2) is 4.41. The minimum atomic E-state index is -0.391. The fraction of sp³-hybridized carbons (Fsp3) is 0.643. The molecule has 2 aliphatic rings. The predicted molar refractivity (Wildman–Crippen MR) is 76.9 cm³/mol. The Bertz CT molecular complexity index is 558. The fourth-order valence-corrected chi connectivity index (χ4v) is 3.72.